The van der Waals surface area contributed by atoms with E-state index < -0.39 is 0 Å². The standard InChI is InChI=1S/C19H18N4OS3/c1-20-18-21-22-19(27-18)26-12-17(24)23-14-9-5-6-10-16(14)25-11-15(23)13-7-3-2-4-8-13/h2-10,15H,11-12H2,1H3,(H,20,21)/t15-/m1/s1. The highest BCUT2D eigenvalue weighted by molar-refractivity contribution is 8.01. The second-order valence-electron chi connectivity index (χ2n) is 5.88. The van der Waals surface area contributed by atoms with Crippen molar-refractivity contribution in [1.29, 1.82) is 0 Å². The van der Waals surface area contributed by atoms with Crippen molar-refractivity contribution in [2.45, 2.75) is 15.3 Å². The van der Waals surface area contributed by atoms with Gasteiger partial charge in [0.05, 0.1) is 17.5 Å². The number of thioether (sulfide) groups is 2. The van der Waals surface area contributed by atoms with Gasteiger partial charge in [-0.2, -0.15) is 0 Å². The molecule has 5 nitrogen and oxygen atoms in total. The quantitative estimate of drug-likeness (QED) is 0.618. The van der Waals surface area contributed by atoms with Crippen LogP contribution >= 0.6 is 34.9 Å². The third kappa shape index (κ3) is 3.97. The van der Waals surface area contributed by atoms with Crippen LogP contribution in [0.1, 0.15) is 11.6 Å². The van der Waals surface area contributed by atoms with E-state index in [-0.39, 0.29) is 11.9 Å². The van der Waals surface area contributed by atoms with E-state index in [2.05, 4.69) is 33.7 Å². The Morgan fingerprint density at radius 1 is 1.19 bits per heavy atom. The van der Waals surface area contributed by atoms with Crippen molar-refractivity contribution in [3.8, 4) is 0 Å². The smallest absolute Gasteiger partial charge is 0.238 e. The molecule has 8 heteroatoms. The lowest BCUT2D eigenvalue weighted by Gasteiger charge is -2.37. The number of hydrogen-bond donors (Lipinski definition) is 1. The monoisotopic (exact) mass is 414 g/mol. The summed E-state index contributed by atoms with van der Waals surface area (Å²) in [5.74, 6) is 1.27. The summed E-state index contributed by atoms with van der Waals surface area (Å²) in [6, 6.07) is 18.4. The Labute approximate surface area is 170 Å². The molecule has 0 radical (unpaired) electrons. The molecule has 3 aromatic rings. The van der Waals surface area contributed by atoms with Gasteiger partial charge in [0.2, 0.25) is 11.0 Å². The number of benzene rings is 2. The molecule has 1 aliphatic heterocycles. The van der Waals surface area contributed by atoms with Gasteiger partial charge >= 0.3 is 0 Å². The molecule has 2 aromatic carbocycles. The van der Waals surface area contributed by atoms with Gasteiger partial charge in [0.25, 0.3) is 0 Å². The van der Waals surface area contributed by atoms with Gasteiger partial charge in [-0.05, 0) is 17.7 Å². The first-order valence-corrected chi connectivity index (χ1v) is 11.3. The third-order valence-corrected chi connectivity index (χ3v) is 7.42. The number of hydrogen-bond acceptors (Lipinski definition) is 7. The van der Waals surface area contributed by atoms with E-state index in [1.807, 2.05) is 48.3 Å². The van der Waals surface area contributed by atoms with Crippen molar-refractivity contribution >= 4 is 51.6 Å². The van der Waals surface area contributed by atoms with Crippen LogP contribution in [0.3, 0.4) is 0 Å². The van der Waals surface area contributed by atoms with E-state index >= 15 is 0 Å². The fourth-order valence-corrected chi connectivity index (χ4v) is 5.71. The first-order valence-electron chi connectivity index (χ1n) is 8.49. The Morgan fingerprint density at radius 3 is 2.74 bits per heavy atom. The molecule has 0 bridgehead atoms. The zero-order valence-corrected chi connectivity index (χ0v) is 17.1. The summed E-state index contributed by atoms with van der Waals surface area (Å²) in [5, 5.41) is 11.9. The van der Waals surface area contributed by atoms with E-state index in [4.69, 9.17) is 0 Å². The lowest BCUT2D eigenvalue weighted by Crippen LogP contribution is -2.39. The van der Waals surface area contributed by atoms with E-state index in [0.29, 0.717) is 5.75 Å². The zero-order valence-electron chi connectivity index (χ0n) is 14.7. The molecule has 0 saturated heterocycles. The number of rotatable bonds is 5. The van der Waals surface area contributed by atoms with E-state index in [1.165, 1.54) is 23.1 Å². The van der Waals surface area contributed by atoms with E-state index in [1.54, 1.807) is 11.8 Å². The Morgan fingerprint density at radius 2 is 1.96 bits per heavy atom. The molecular formula is C19H18N4OS3. The van der Waals surface area contributed by atoms with Crippen LogP contribution in [0.2, 0.25) is 0 Å². The minimum absolute atomic E-state index is 0.0292. The minimum atomic E-state index is 0.0292. The van der Waals surface area contributed by atoms with Crippen molar-refractivity contribution in [1.82, 2.24) is 10.2 Å². The van der Waals surface area contributed by atoms with Gasteiger partial charge in [-0.1, -0.05) is 65.6 Å². The molecule has 2 heterocycles. The predicted molar refractivity (Wildman–Crippen MR) is 114 cm³/mol. The summed E-state index contributed by atoms with van der Waals surface area (Å²) in [4.78, 5) is 16.3. The van der Waals surface area contributed by atoms with Gasteiger partial charge in [-0.15, -0.1) is 22.0 Å². The Hall–Kier alpha value is -2.03. The molecule has 0 fully saturated rings. The molecule has 1 atom stereocenters. The fraction of sp³-hybridized carbons (Fsp3) is 0.211. The maximum atomic E-state index is 13.2. The average Bonchev–Trinajstić information content (AvgIpc) is 3.20. The highest BCUT2D eigenvalue weighted by Crippen LogP contribution is 2.43. The first-order chi connectivity index (χ1) is 13.3. The molecule has 0 saturated carbocycles. The van der Waals surface area contributed by atoms with Crippen LogP contribution in [-0.2, 0) is 4.79 Å². The molecule has 4 rings (SSSR count). The number of aromatic nitrogens is 2. The Kier molecular flexibility index (Phi) is 5.66. The van der Waals surface area contributed by atoms with Crippen molar-refractivity contribution in [3.63, 3.8) is 0 Å². The van der Waals surface area contributed by atoms with Gasteiger partial charge in [-0.25, -0.2) is 0 Å². The van der Waals surface area contributed by atoms with Crippen LogP contribution in [0.25, 0.3) is 0 Å². The summed E-state index contributed by atoms with van der Waals surface area (Å²) >= 11 is 4.70. The van der Waals surface area contributed by atoms with Gasteiger partial charge in [0, 0.05) is 17.7 Å². The highest BCUT2D eigenvalue weighted by Gasteiger charge is 2.32. The van der Waals surface area contributed by atoms with Crippen molar-refractivity contribution in [2.24, 2.45) is 0 Å². The van der Waals surface area contributed by atoms with E-state index in [0.717, 1.165) is 31.4 Å². The predicted octanol–water partition coefficient (Wildman–Crippen LogP) is 4.55. The molecule has 138 valence electrons. The Bertz CT molecular complexity index is 931. The van der Waals surface area contributed by atoms with E-state index in [9.17, 15) is 4.79 Å². The SMILES string of the molecule is CNc1nnc(SCC(=O)N2c3ccccc3SC[C@@H]2c2ccccc2)s1. The molecule has 0 spiro atoms. The molecule has 0 unspecified atom stereocenters. The molecule has 27 heavy (non-hydrogen) atoms. The van der Waals surface area contributed by atoms with Crippen LogP contribution < -0.4 is 10.2 Å². The number of fused-ring (bicyclic) bond motifs is 1. The van der Waals surface area contributed by atoms with Crippen molar-refractivity contribution in [3.05, 3.63) is 60.2 Å². The maximum Gasteiger partial charge on any atom is 0.238 e. The minimum Gasteiger partial charge on any atom is -0.363 e. The number of amides is 1. The van der Waals surface area contributed by atoms with Gasteiger partial charge < -0.3 is 10.2 Å². The Balaban J connectivity index is 1.60. The summed E-state index contributed by atoms with van der Waals surface area (Å²) in [6.07, 6.45) is 0. The molecule has 1 aliphatic rings. The van der Waals surface area contributed by atoms with Crippen LogP contribution in [0, 0.1) is 0 Å². The molecular weight excluding hydrogens is 396 g/mol. The zero-order chi connectivity index (χ0) is 18.6. The van der Waals surface area contributed by atoms with Crippen LogP contribution in [0.4, 0.5) is 10.8 Å². The maximum absolute atomic E-state index is 13.2. The number of anilines is 2. The second kappa shape index (κ2) is 8.33. The van der Waals surface area contributed by atoms with Gasteiger partial charge in [0.15, 0.2) is 4.34 Å². The highest BCUT2D eigenvalue weighted by atomic mass is 32.2. The number of carbonyl (C=O) groups excluding carboxylic acids is 1. The number of nitrogens with one attached hydrogen (secondary N) is 1. The van der Waals surface area contributed by atoms with Crippen molar-refractivity contribution < 1.29 is 4.79 Å². The summed E-state index contributed by atoms with van der Waals surface area (Å²) < 4.78 is 0.795. The largest absolute Gasteiger partial charge is 0.363 e. The second-order valence-corrected chi connectivity index (χ2v) is 9.14. The van der Waals surface area contributed by atoms with Crippen LogP contribution in [-0.4, -0.2) is 34.7 Å². The first kappa shape index (κ1) is 18.3. The van der Waals surface area contributed by atoms with Gasteiger partial charge in [0.1, 0.15) is 0 Å². The number of para-hydroxylation sites is 1. The summed E-state index contributed by atoms with van der Waals surface area (Å²) in [6.45, 7) is 0. The lowest BCUT2D eigenvalue weighted by molar-refractivity contribution is -0.116. The molecule has 1 aromatic heterocycles. The van der Waals surface area contributed by atoms with Gasteiger partial charge in [-0.3, -0.25) is 4.79 Å². The van der Waals surface area contributed by atoms with Crippen LogP contribution in [0.5, 0.6) is 0 Å². The summed E-state index contributed by atoms with van der Waals surface area (Å²) in [5.41, 5.74) is 2.15. The lowest BCUT2D eigenvalue weighted by atomic mass is 10.1. The van der Waals surface area contributed by atoms with Crippen LogP contribution in [0.15, 0.2) is 63.8 Å². The summed E-state index contributed by atoms with van der Waals surface area (Å²) in [7, 11) is 1.81. The van der Waals surface area contributed by atoms with Crippen molar-refractivity contribution in [2.75, 3.05) is 28.8 Å². The molecule has 1 N–H and O–H groups in total. The number of carbonyl (C=O) groups is 1. The molecule has 0 aliphatic carbocycles. The average molecular weight is 415 g/mol. The normalized spacial score (nSPS) is 16.0. The number of nitrogens with zero attached hydrogens (tertiary/aromatic N) is 3. The topological polar surface area (TPSA) is 58.1 Å². The molecule has 1 amide bonds. The fourth-order valence-electron chi connectivity index (χ4n) is 2.98. The third-order valence-electron chi connectivity index (χ3n) is 4.23.